The van der Waals surface area contributed by atoms with Gasteiger partial charge in [0.2, 0.25) is 5.91 Å². The Balaban J connectivity index is 1.47. The summed E-state index contributed by atoms with van der Waals surface area (Å²) in [5.41, 5.74) is 2.62. The minimum Gasteiger partial charge on any atom is -0.378 e. The van der Waals surface area contributed by atoms with Gasteiger partial charge in [-0.25, -0.2) is 9.97 Å². The van der Waals surface area contributed by atoms with Gasteiger partial charge in [0.05, 0.1) is 30.9 Å². The number of aryl methyl sites for hydroxylation is 1. The van der Waals surface area contributed by atoms with E-state index in [1.54, 1.807) is 6.33 Å². The van der Waals surface area contributed by atoms with Crippen LogP contribution in [-0.4, -0.2) is 42.2 Å². The molecule has 1 aliphatic heterocycles. The van der Waals surface area contributed by atoms with Gasteiger partial charge >= 0.3 is 0 Å². The summed E-state index contributed by atoms with van der Waals surface area (Å²) < 4.78 is 5.40. The molecule has 148 valence electrons. The third-order valence-corrected chi connectivity index (χ3v) is 6.14. The van der Waals surface area contributed by atoms with Crippen molar-refractivity contribution in [3.05, 3.63) is 53.5 Å². The highest BCUT2D eigenvalue weighted by molar-refractivity contribution is 5.93. The molecule has 1 amide bonds. The second kappa shape index (κ2) is 7.17. The van der Waals surface area contributed by atoms with E-state index in [-0.39, 0.29) is 11.3 Å². The Morgan fingerprint density at radius 2 is 1.86 bits per heavy atom. The van der Waals surface area contributed by atoms with Gasteiger partial charge in [0, 0.05) is 19.2 Å². The van der Waals surface area contributed by atoms with Gasteiger partial charge in [0.1, 0.15) is 12.1 Å². The highest BCUT2D eigenvalue weighted by Gasteiger charge is 2.66. The first kappa shape index (κ1) is 18.9. The monoisotopic (exact) mass is 380 g/mol. The van der Waals surface area contributed by atoms with Crippen LogP contribution in [0.25, 0.3) is 0 Å². The zero-order valence-electron chi connectivity index (χ0n) is 16.9. The molecule has 1 atom stereocenters. The number of hydrogen-bond acceptors (Lipinski definition) is 5. The molecule has 1 aromatic carbocycles. The van der Waals surface area contributed by atoms with Crippen LogP contribution < -0.4 is 10.2 Å². The lowest BCUT2D eigenvalue weighted by Gasteiger charge is -2.27. The van der Waals surface area contributed by atoms with Gasteiger partial charge in [0.25, 0.3) is 0 Å². The van der Waals surface area contributed by atoms with Crippen LogP contribution in [0.3, 0.4) is 0 Å². The minimum atomic E-state index is -0.458. The fraction of sp³-hybridized carbons (Fsp3) is 0.500. The number of anilines is 1. The molecule has 6 heteroatoms. The van der Waals surface area contributed by atoms with Crippen molar-refractivity contribution < 1.29 is 9.53 Å². The van der Waals surface area contributed by atoms with E-state index in [4.69, 9.17) is 4.74 Å². The maximum atomic E-state index is 13.2. The number of nitrogens with one attached hydrogen (secondary N) is 1. The molecule has 1 N–H and O–H groups in total. The number of morpholine rings is 1. The summed E-state index contributed by atoms with van der Waals surface area (Å²) in [5, 5.41) is 3.13. The fourth-order valence-corrected chi connectivity index (χ4v) is 4.24. The number of benzene rings is 1. The quantitative estimate of drug-likeness (QED) is 0.864. The fourth-order valence-electron chi connectivity index (χ4n) is 4.24. The molecule has 2 aliphatic rings. The molecule has 2 aromatic rings. The van der Waals surface area contributed by atoms with Crippen LogP contribution in [0.1, 0.15) is 37.1 Å². The highest BCUT2D eigenvalue weighted by Crippen LogP contribution is 2.64. The first-order chi connectivity index (χ1) is 13.4. The number of amides is 1. The molecule has 2 fully saturated rings. The number of carbonyl (C=O) groups is 1. The van der Waals surface area contributed by atoms with Crippen LogP contribution in [0.5, 0.6) is 0 Å². The predicted molar refractivity (Wildman–Crippen MR) is 108 cm³/mol. The molecule has 0 bridgehead atoms. The Morgan fingerprint density at radius 1 is 1.18 bits per heavy atom. The summed E-state index contributed by atoms with van der Waals surface area (Å²) in [6.07, 6.45) is 2.43. The van der Waals surface area contributed by atoms with E-state index in [1.165, 1.54) is 5.56 Å². The molecule has 1 aliphatic carbocycles. The second-order valence-electron chi connectivity index (χ2n) is 8.48. The van der Waals surface area contributed by atoms with E-state index >= 15 is 0 Å². The van der Waals surface area contributed by atoms with Gasteiger partial charge in [0.15, 0.2) is 0 Å². The van der Waals surface area contributed by atoms with Crippen molar-refractivity contribution >= 4 is 11.7 Å². The van der Waals surface area contributed by atoms with Crippen LogP contribution in [0.2, 0.25) is 0 Å². The van der Waals surface area contributed by atoms with Crippen molar-refractivity contribution in [2.24, 2.45) is 5.41 Å². The van der Waals surface area contributed by atoms with Crippen LogP contribution >= 0.6 is 0 Å². The SMILES string of the molecule is Cc1ccc(C2(C(=O)NCc3cc(N4CCOCC4)ncn3)CC2(C)C)cc1. The van der Waals surface area contributed by atoms with Gasteiger partial charge in [-0.05, 0) is 24.3 Å². The molecule has 1 saturated heterocycles. The Hall–Kier alpha value is -2.47. The summed E-state index contributed by atoms with van der Waals surface area (Å²) in [6, 6.07) is 10.3. The number of ether oxygens (including phenoxy) is 1. The lowest BCUT2D eigenvalue weighted by Crippen LogP contribution is -2.38. The summed E-state index contributed by atoms with van der Waals surface area (Å²) in [6.45, 7) is 9.87. The molecule has 0 radical (unpaired) electrons. The number of nitrogens with zero attached hydrogens (tertiary/aromatic N) is 3. The largest absolute Gasteiger partial charge is 0.378 e. The molecule has 4 rings (SSSR count). The van der Waals surface area contributed by atoms with Crippen molar-refractivity contribution in [1.29, 1.82) is 0 Å². The Morgan fingerprint density at radius 3 is 2.50 bits per heavy atom. The third-order valence-electron chi connectivity index (χ3n) is 6.14. The Labute approximate surface area is 166 Å². The van der Waals surface area contributed by atoms with Crippen molar-refractivity contribution in [2.75, 3.05) is 31.2 Å². The zero-order valence-corrected chi connectivity index (χ0v) is 16.9. The lowest BCUT2D eigenvalue weighted by molar-refractivity contribution is -0.124. The van der Waals surface area contributed by atoms with Gasteiger partial charge in [-0.2, -0.15) is 0 Å². The number of aromatic nitrogens is 2. The summed E-state index contributed by atoms with van der Waals surface area (Å²) >= 11 is 0. The average molecular weight is 380 g/mol. The first-order valence-corrected chi connectivity index (χ1v) is 9.91. The van der Waals surface area contributed by atoms with Crippen molar-refractivity contribution in [3.8, 4) is 0 Å². The normalized spacial score (nSPS) is 23.3. The molecule has 28 heavy (non-hydrogen) atoms. The van der Waals surface area contributed by atoms with E-state index in [1.807, 2.05) is 6.07 Å². The molecule has 6 nitrogen and oxygen atoms in total. The predicted octanol–water partition coefficient (Wildman–Crippen LogP) is 2.61. The van der Waals surface area contributed by atoms with Gasteiger partial charge in [-0.3, -0.25) is 4.79 Å². The van der Waals surface area contributed by atoms with Crippen LogP contribution in [0.4, 0.5) is 5.82 Å². The summed E-state index contributed by atoms with van der Waals surface area (Å²) in [5.74, 6) is 0.968. The van der Waals surface area contributed by atoms with E-state index < -0.39 is 5.41 Å². The molecule has 2 heterocycles. The van der Waals surface area contributed by atoms with E-state index in [0.717, 1.165) is 36.6 Å². The Kier molecular flexibility index (Phi) is 4.83. The van der Waals surface area contributed by atoms with Gasteiger partial charge in [-0.1, -0.05) is 43.7 Å². The average Bonchev–Trinajstić information content (AvgIpc) is 3.31. The van der Waals surface area contributed by atoms with Crippen LogP contribution in [-0.2, 0) is 21.5 Å². The molecular weight excluding hydrogens is 352 g/mol. The van der Waals surface area contributed by atoms with Crippen LogP contribution in [0, 0.1) is 12.3 Å². The smallest absolute Gasteiger partial charge is 0.231 e. The summed E-state index contributed by atoms with van der Waals surface area (Å²) in [4.78, 5) is 24.1. The van der Waals surface area contributed by atoms with E-state index in [9.17, 15) is 4.79 Å². The molecule has 1 aromatic heterocycles. The van der Waals surface area contributed by atoms with E-state index in [0.29, 0.717) is 19.8 Å². The van der Waals surface area contributed by atoms with Gasteiger partial charge in [-0.15, -0.1) is 0 Å². The molecule has 1 saturated carbocycles. The van der Waals surface area contributed by atoms with Gasteiger partial charge < -0.3 is 15.0 Å². The third kappa shape index (κ3) is 3.37. The van der Waals surface area contributed by atoms with Crippen molar-refractivity contribution in [1.82, 2.24) is 15.3 Å². The number of hydrogen-bond donors (Lipinski definition) is 1. The maximum Gasteiger partial charge on any atom is 0.231 e. The first-order valence-electron chi connectivity index (χ1n) is 9.91. The number of carbonyl (C=O) groups excluding carboxylic acids is 1. The van der Waals surface area contributed by atoms with Crippen molar-refractivity contribution in [2.45, 2.75) is 39.2 Å². The van der Waals surface area contributed by atoms with Crippen LogP contribution in [0.15, 0.2) is 36.7 Å². The maximum absolute atomic E-state index is 13.2. The standard InChI is InChI=1S/C22H28N4O2/c1-16-4-6-17(7-5-16)22(14-21(22,2)3)20(27)23-13-18-12-19(25-15-24-18)26-8-10-28-11-9-26/h4-7,12,15H,8-11,13-14H2,1-3H3,(H,23,27). The zero-order chi connectivity index (χ0) is 19.8. The molecular formula is C22H28N4O2. The van der Waals surface area contributed by atoms with E-state index in [2.05, 4.69) is 65.2 Å². The molecule has 0 spiro atoms. The second-order valence-corrected chi connectivity index (χ2v) is 8.48. The minimum absolute atomic E-state index is 0.0447. The summed E-state index contributed by atoms with van der Waals surface area (Å²) in [7, 11) is 0. The highest BCUT2D eigenvalue weighted by atomic mass is 16.5. The topological polar surface area (TPSA) is 67.4 Å². The molecule has 1 unspecified atom stereocenters. The number of rotatable bonds is 5. The Bertz CT molecular complexity index is 859. The van der Waals surface area contributed by atoms with Crippen molar-refractivity contribution in [3.63, 3.8) is 0 Å². The lowest BCUT2D eigenvalue weighted by atomic mass is 9.86.